The van der Waals surface area contributed by atoms with Crippen LogP contribution in [0.25, 0.3) is 10.8 Å². The number of nitrogens with zero attached hydrogens (tertiary/aromatic N) is 3. The molecule has 0 N–H and O–H groups in total. The van der Waals surface area contributed by atoms with E-state index in [9.17, 15) is 9.59 Å². The van der Waals surface area contributed by atoms with E-state index in [2.05, 4.69) is 23.3 Å². The third-order valence-electron chi connectivity index (χ3n) is 5.46. The van der Waals surface area contributed by atoms with E-state index in [-0.39, 0.29) is 24.7 Å². The van der Waals surface area contributed by atoms with Gasteiger partial charge in [0, 0.05) is 32.9 Å². The smallest absolute Gasteiger partial charge is 0.243 e. The maximum absolute atomic E-state index is 12.6. The standard InChI is InChI=1S/C25H25N3O2/c1-27(18-21-12-7-11-19-8-5-6-13-22(19)21)24(29)14-15-25(30)28-17-16-23(26-28)20-9-3-2-4-10-20/h2-13H,14-18H2,1H3. The summed E-state index contributed by atoms with van der Waals surface area (Å²) in [5.74, 6) is -0.143. The number of hydrogen-bond acceptors (Lipinski definition) is 3. The van der Waals surface area contributed by atoms with Crippen LogP contribution in [-0.2, 0) is 16.1 Å². The molecule has 0 spiro atoms. The van der Waals surface area contributed by atoms with E-state index >= 15 is 0 Å². The van der Waals surface area contributed by atoms with Crippen molar-refractivity contribution in [1.29, 1.82) is 0 Å². The summed E-state index contributed by atoms with van der Waals surface area (Å²) in [6, 6.07) is 24.2. The van der Waals surface area contributed by atoms with Gasteiger partial charge >= 0.3 is 0 Å². The molecule has 0 radical (unpaired) electrons. The van der Waals surface area contributed by atoms with Gasteiger partial charge in [-0.05, 0) is 21.9 Å². The monoisotopic (exact) mass is 399 g/mol. The number of benzene rings is 3. The second-order valence-corrected chi connectivity index (χ2v) is 7.57. The van der Waals surface area contributed by atoms with Crippen molar-refractivity contribution in [3.8, 4) is 0 Å². The summed E-state index contributed by atoms with van der Waals surface area (Å²) in [6.07, 6.45) is 1.10. The predicted octanol–water partition coefficient (Wildman–Crippen LogP) is 4.22. The third-order valence-corrected chi connectivity index (χ3v) is 5.46. The normalized spacial score (nSPS) is 13.4. The number of carbonyl (C=O) groups is 2. The summed E-state index contributed by atoms with van der Waals surface area (Å²) in [5, 5.41) is 8.27. The zero-order chi connectivity index (χ0) is 20.9. The Balaban J connectivity index is 1.33. The lowest BCUT2D eigenvalue weighted by Crippen LogP contribution is -2.29. The lowest BCUT2D eigenvalue weighted by molar-refractivity contribution is -0.136. The molecule has 3 aromatic carbocycles. The fourth-order valence-corrected chi connectivity index (χ4v) is 3.78. The Bertz CT molecular complexity index is 1090. The maximum atomic E-state index is 12.6. The summed E-state index contributed by atoms with van der Waals surface area (Å²) < 4.78 is 0. The molecule has 152 valence electrons. The van der Waals surface area contributed by atoms with Crippen molar-refractivity contribution in [3.05, 3.63) is 83.9 Å². The first-order chi connectivity index (χ1) is 14.6. The lowest BCUT2D eigenvalue weighted by Gasteiger charge is -2.19. The molecule has 0 fully saturated rings. The molecule has 5 heteroatoms. The number of hydrazone groups is 1. The average Bonchev–Trinajstić information content (AvgIpc) is 3.28. The van der Waals surface area contributed by atoms with Gasteiger partial charge in [0.05, 0.1) is 12.3 Å². The van der Waals surface area contributed by atoms with Crippen LogP contribution < -0.4 is 0 Å². The first kappa shape index (κ1) is 19.8. The highest BCUT2D eigenvalue weighted by atomic mass is 16.2. The van der Waals surface area contributed by atoms with E-state index in [0.29, 0.717) is 13.1 Å². The van der Waals surface area contributed by atoms with Gasteiger partial charge in [-0.3, -0.25) is 9.59 Å². The first-order valence-corrected chi connectivity index (χ1v) is 10.3. The Kier molecular flexibility index (Phi) is 5.89. The highest BCUT2D eigenvalue weighted by Crippen LogP contribution is 2.20. The molecule has 0 bridgehead atoms. The van der Waals surface area contributed by atoms with Gasteiger partial charge in [-0.25, -0.2) is 5.01 Å². The second kappa shape index (κ2) is 8.91. The largest absolute Gasteiger partial charge is 0.341 e. The first-order valence-electron chi connectivity index (χ1n) is 10.3. The SMILES string of the molecule is CN(Cc1cccc2ccccc12)C(=O)CCC(=O)N1CCC(c2ccccc2)=N1. The number of amides is 2. The van der Waals surface area contributed by atoms with Gasteiger partial charge in [0.2, 0.25) is 11.8 Å². The minimum Gasteiger partial charge on any atom is -0.341 e. The molecule has 1 aliphatic heterocycles. The zero-order valence-electron chi connectivity index (χ0n) is 17.1. The molecule has 1 aliphatic rings. The van der Waals surface area contributed by atoms with Crippen molar-refractivity contribution >= 4 is 28.3 Å². The van der Waals surface area contributed by atoms with Crippen molar-refractivity contribution in [1.82, 2.24) is 9.91 Å². The summed E-state index contributed by atoms with van der Waals surface area (Å²) in [5.41, 5.74) is 3.06. The van der Waals surface area contributed by atoms with E-state index in [1.54, 1.807) is 11.9 Å². The Morgan fingerprint density at radius 2 is 1.67 bits per heavy atom. The predicted molar refractivity (Wildman–Crippen MR) is 119 cm³/mol. The number of fused-ring (bicyclic) bond motifs is 1. The minimum atomic E-state index is -0.104. The van der Waals surface area contributed by atoms with Crippen LogP contribution in [0.5, 0.6) is 0 Å². The minimum absolute atomic E-state index is 0.0391. The molecule has 5 nitrogen and oxygen atoms in total. The van der Waals surface area contributed by atoms with Gasteiger partial charge in [0.15, 0.2) is 0 Å². The van der Waals surface area contributed by atoms with Crippen molar-refractivity contribution in [2.24, 2.45) is 5.10 Å². The summed E-state index contributed by atoms with van der Waals surface area (Å²) >= 11 is 0. The topological polar surface area (TPSA) is 53.0 Å². The van der Waals surface area contributed by atoms with Crippen molar-refractivity contribution in [3.63, 3.8) is 0 Å². The third kappa shape index (κ3) is 4.40. The van der Waals surface area contributed by atoms with Crippen molar-refractivity contribution in [2.75, 3.05) is 13.6 Å². The quantitative estimate of drug-likeness (QED) is 0.623. The Morgan fingerprint density at radius 3 is 2.50 bits per heavy atom. The van der Waals surface area contributed by atoms with Crippen molar-refractivity contribution in [2.45, 2.75) is 25.8 Å². The summed E-state index contributed by atoms with van der Waals surface area (Å²) in [6.45, 7) is 1.09. The lowest BCUT2D eigenvalue weighted by atomic mass is 10.0. The molecular weight excluding hydrogens is 374 g/mol. The van der Waals surface area contributed by atoms with Crippen molar-refractivity contribution < 1.29 is 9.59 Å². The van der Waals surface area contributed by atoms with Crippen LogP contribution in [0.4, 0.5) is 0 Å². The maximum Gasteiger partial charge on any atom is 0.243 e. The molecule has 2 amide bonds. The fourth-order valence-electron chi connectivity index (χ4n) is 3.78. The fraction of sp³-hybridized carbons (Fsp3) is 0.240. The molecule has 0 unspecified atom stereocenters. The van der Waals surface area contributed by atoms with Crippen LogP contribution in [0.2, 0.25) is 0 Å². The molecule has 0 atom stereocenters. The van der Waals surface area contributed by atoms with Crippen LogP contribution in [0.1, 0.15) is 30.4 Å². The van der Waals surface area contributed by atoms with E-state index in [1.165, 1.54) is 5.01 Å². The van der Waals surface area contributed by atoms with E-state index in [0.717, 1.165) is 34.0 Å². The highest BCUT2D eigenvalue weighted by molar-refractivity contribution is 6.02. The Hall–Kier alpha value is -3.47. The Labute approximate surface area is 176 Å². The summed E-state index contributed by atoms with van der Waals surface area (Å²) in [7, 11) is 1.79. The Morgan fingerprint density at radius 1 is 0.933 bits per heavy atom. The highest BCUT2D eigenvalue weighted by Gasteiger charge is 2.22. The van der Waals surface area contributed by atoms with Gasteiger partial charge in [0.25, 0.3) is 0 Å². The van der Waals surface area contributed by atoms with Crippen LogP contribution in [0, 0.1) is 0 Å². The van der Waals surface area contributed by atoms with Gasteiger partial charge in [-0.2, -0.15) is 5.10 Å². The second-order valence-electron chi connectivity index (χ2n) is 7.57. The van der Waals surface area contributed by atoms with E-state index in [1.807, 2.05) is 54.6 Å². The molecular formula is C25H25N3O2. The van der Waals surface area contributed by atoms with Gasteiger partial charge in [-0.1, -0.05) is 72.8 Å². The molecule has 30 heavy (non-hydrogen) atoms. The van der Waals surface area contributed by atoms with E-state index in [4.69, 9.17) is 0 Å². The molecule has 0 saturated carbocycles. The van der Waals surface area contributed by atoms with Crippen LogP contribution in [-0.4, -0.2) is 41.0 Å². The van der Waals surface area contributed by atoms with Crippen LogP contribution in [0.15, 0.2) is 77.9 Å². The number of rotatable bonds is 6. The molecule has 4 rings (SSSR count). The van der Waals surface area contributed by atoms with E-state index < -0.39 is 0 Å². The summed E-state index contributed by atoms with van der Waals surface area (Å²) in [4.78, 5) is 26.8. The number of carbonyl (C=O) groups excluding carboxylic acids is 2. The molecule has 1 heterocycles. The van der Waals surface area contributed by atoms with Gasteiger partial charge in [0.1, 0.15) is 0 Å². The van der Waals surface area contributed by atoms with Crippen LogP contribution >= 0.6 is 0 Å². The molecule has 0 saturated heterocycles. The number of hydrogen-bond donors (Lipinski definition) is 0. The van der Waals surface area contributed by atoms with Gasteiger partial charge < -0.3 is 4.90 Å². The molecule has 0 aromatic heterocycles. The average molecular weight is 399 g/mol. The molecule has 0 aliphatic carbocycles. The molecule has 3 aromatic rings. The van der Waals surface area contributed by atoms with Gasteiger partial charge in [-0.15, -0.1) is 0 Å². The zero-order valence-corrected chi connectivity index (χ0v) is 17.1. The van der Waals surface area contributed by atoms with Crippen LogP contribution in [0.3, 0.4) is 0 Å².